The number of benzene rings is 1. The van der Waals surface area contributed by atoms with Crippen LogP contribution in [0.2, 0.25) is 5.02 Å². The highest BCUT2D eigenvalue weighted by Gasteiger charge is 2.03. The molecule has 4 nitrogen and oxygen atoms in total. The van der Waals surface area contributed by atoms with E-state index in [4.69, 9.17) is 11.6 Å². The van der Waals surface area contributed by atoms with Crippen molar-refractivity contribution in [3.05, 3.63) is 58.9 Å². The largest absolute Gasteiger partial charge is 0.325 e. The summed E-state index contributed by atoms with van der Waals surface area (Å²) in [5, 5.41) is 6.52. The zero-order valence-corrected chi connectivity index (χ0v) is 11.9. The minimum atomic E-state index is -0.0982. The van der Waals surface area contributed by atoms with Gasteiger partial charge in [0.1, 0.15) is 0 Å². The van der Waals surface area contributed by atoms with Crippen LogP contribution in [0.25, 0.3) is 0 Å². The van der Waals surface area contributed by atoms with Crippen molar-refractivity contribution < 1.29 is 4.79 Å². The van der Waals surface area contributed by atoms with Crippen LogP contribution < -0.4 is 10.6 Å². The van der Waals surface area contributed by atoms with Gasteiger partial charge in [0.05, 0.1) is 6.54 Å². The van der Waals surface area contributed by atoms with Gasteiger partial charge in [-0.05, 0) is 42.3 Å². The molecule has 0 fully saturated rings. The number of rotatable bonds is 5. The smallest absolute Gasteiger partial charge is 0.238 e. The first-order valence-electron chi connectivity index (χ1n) is 6.31. The number of halogens is 1. The summed E-state index contributed by atoms with van der Waals surface area (Å²) in [5.74, 6) is -0.0982. The molecule has 0 saturated carbocycles. The Balaban J connectivity index is 1.79. The number of hydrogen-bond acceptors (Lipinski definition) is 3. The van der Waals surface area contributed by atoms with Crippen LogP contribution in [0.15, 0.2) is 42.7 Å². The maximum absolute atomic E-state index is 11.8. The van der Waals surface area contributed by atoms with Gasteiger partial charge in [-0.1, -0.05) is 17.7 Å². The third-order valence-corrected chi connectivity index (χ3v) is 3.23. The van der Waals surface area contributed by atoms with Crippen molar-refractivity contribution >= 4 is 23.2 Å². The molecule has 104 valence electrons. The minimum Gasteiger partial charge on any atom is -0.325 e. The molecule has 20 heavy (non-hydrogen) atoms. The van der Waals surface area contributed by atoms with Crippen molar-refractivity contribution in [2.45, 2.75) is 13.5 Å². The van der Waals surface area contributed by atoms with Crippen LogP contribution >= 0.6 is 11.6 Å². The summed E-state index contributed by atoms with van der Waals surface area (Å²) < 4.78 is 0. The second kappa shape index (κ2) is 7.03. The van der Waals surface area contributed by atoms with Gasteiger partial charge in [0, 0.05) is 29.6 Å². The van der Waals surface area contributed by atoms with Gasteiger partial charge in [0.2, 0.25) is 5.91 Å². The Kier molecular flexibility index (Phi) is 5.09. The maximum atomic E-state index is 11.8. The predicted octanol–water partition coefficient (Wildman–Crippen LogP) is 2.77. The van der Waals surface area contributed by atoms with Gasteiger partial charge in [-0.3, -0.25) is 9.78 Å². The van der Waals surface area contributed by atoms with E-state index in [2.05, 4.69) is 15.6 Å². The monoisotopic (exact) mass is 289 g/mol. The molecule has 1 aromatic carbocycles. The van der Waals surface area contributed by atoms with Crippen LogP contribution in [0.1, 0.15) is 11.1 Å². The minimum absolute atomic E-state index is 0.0982. The van der Waals surface area contributed by atoms with E-state index >= 15 is 0 Å². The Morgan fingerprint density at radius 1 is 1.25 bits per heavy atom. The second-order valence-corrected chi connectivity index (χ2v) is 4.88. The molecule has 1 heterocycles. The number of carbonyl (C=O) groups excluding carboxylic acids is 1. The van der Waals surface area contributed by atoms with Gasteiger partial charge in [-0.2, -0.15) is 0 Å². The summed E-state index contributed by atoms with van der Waals surface area (Å²) >= 11 is 6.01. The molecule has 0 aliphatic rings. The molecule has 2 N–H and O–H groups in total. The summed E-state index contributed by atoms with van der Waals surface area (Å²) in [5.41, 5.74) is 2.78. The van der Waals surface area contributed by atoms with Gasteiger partial charge in [0.15, 0.2) is 0 Å². The fourth-order valence-electron chi connectivity index (χ4n) is 1.70. The molecular formula is C15H16ClN3O. The lowest BCUT2D eigenvalue weighted by Crippen LogP contribution is -2.27. The van der Waals surface area contributed by atoms with Crippen molar-refractivity contribution in [2.75, 3.05) is 11.9 Å². The molecular weight excluding hydrogens is 274 g/mol. The Morgan fingerprint density at radius 3 is 2.70 bits per heavy atom. The van der Waals surface area contributed by atoms with E-state index in [-0.39, 0.29) is 12.5 Å². The van der Waals surface area contributed by atoms with Crippen LogP contribution in [-0.4, -0.2) is 17.4 Å². The summed E-state index contributed by atoms with van der Waals surface area (Å²) in [4.78, 5) is 15.7. The Hall–Kier alpha value is -1.91. The first-order chi connectivity index (χ1) is 9.65. The molecule has 0 spiro atoms. The van der Waals surface area contributed by atoms with E-state index < -0.39 is 0 Å². The molecule has 0 aliphatic heterocycles. The van der Waals surface area contributed by atoms with Gasteiger partial charge in [-0.25, -0.2) is 0 Å². The van der Waals surface area contributed by atoms with Crippen molar-refractivity contribution in [3.63, 3.8) is 0 Å². The second-order valence-electron chi connectivity index (χ2n) is 4.47. The standard InChI is InChI=1S/C15H16ClN3O/c1-11-2-3-13(8-14(11)16)19-15(20)10-18-9-12-4-6-17-7-5-12/h2-8,18H,9-10H2,1H3,(H,19,20). The van der Waals surface area contributed by atoms with E-state index in [9.17, 15) is 4.79 Å². The number of pyridine rings is 1. The van der Waals surface area contributed by atoms with Gasteiger partial charge in [0.25, 0.3) is 0 Å². The number of hydrogen-bond donors (Lipinski definition) is 2. The highest BCUT2D eigenvalue weighted by Crippen LogP contribution is 2.19. The number of nitrogens with one attached hydrogen (secondary N) is 2. The fourth-order valence-corrected chi connectivity index (χ4v) is 1.88. The van der Waals surface area contributed by atoms with E-state index in [1.165, 1.54) is 0 Å². The Bertz CT molecular complexity index is 587. The van der Waals surface area contributed by atoms with Crippen LogP contribution in [-0.2, 0) is 11.3 Å². The average molecular weight is 290 g/mol. The quantitative estimate of drug-likeness (QED) is 0.890. The molecule has 0 atom stereocenters. The summed E-state index contributed by atoms with van der Waals surface area (Å²) in [6.45, 7) is 2.79. The number of anilines is 1. The zero-order valence-electron chi connectivity index (χ0n) is 11.2. The molecule has 1 aromatic heterocycles. The van der Waals surface area contributed by atoms with Crippen LogP contribution in [0, 0.1) is 6.92 Å². The molecule has 0 aliphatic carbocycles. The predicted molar refractivity (Wildman–Crippen MR) is 80.8 cm³/mol. The van der Waals surface area contributed by atoms with Crippen molar-refractivity contribution in [1.29, 1.82) is 0 Å². The van der Waals surface area contributed by atoms with Crippen LogP contribution in [0.3, 0.4) is 0 Å². The molecule has 2 rings (SSSR count). The van der Waals surface area contributed by atoms with E-state index in [0.717, 1.165) is 11.1 Å². The number of nitrogens with zero attached hydrogens (tertiary/aromatic N) is 1. The molecule has 0 saturated heterocycles. The Morgan fingerprint density at radius 2 is 2.00 bits per heavy atom. The molecule has 2 aromatic rings. The van der Waals surface area contributed by atoms with Crippen molar-refractivity contribution in [1.82, 2.24) is 10.3 Å². The highest BCUT2D eigenvalue weighted by atomic mass is 35.5. The number of aryl methyl sites for hydroxylation is 1. The Labute approximate surface area is 123 Å². The first kappa shape index (κ1) is 14.5. The third kappa shape index (κ3) is 4.33. The van der Waals surface area contributed by atoms with Crippen LogP contribution in [0.4, 0.5) is 5.69 Å². The molecule has 0 radical (unpaired) electrons. The number of carbonyl (C=O) groups is 1. The fraction of sp³-hybridized carbons (Fsp3) is 0.200. The molecule has 0 unspecified atom stereocenters. The number of amides is 1. The van der Waals surface area contributed by atoms with Crippen molar-refractivity contribution in [2.24, 2.45) is 0 Å². The SMILES string of the molecule is Cc1ccc(NC(=O)CNCc2ccncc2)cc1Cl. The van der Waals surface area contributed by atoms with Gasteiger partial charge >= 0.3 is 0 Å². The zero-order chi connectivity index (χ0) is 14.4. The van der Waals surface area contributed by atoms with Gasteiger partial charge < -0.3 is 10.6 Å². The third-order valence-electron chi connectivity index (χ3n) is 2.82. The lowest BCUT2D eigenvalue weighted by atomic mass is 10.2. The van der Waals surface area contributed by atoms with Crippen molar-refractivity contribution in [3.8, 4) is 0 Å². The lowest BCUT2D eigenvalue weighted by molar-refractivity contribution is -0.115. The number of aromatic nitrogens is 1. The molecule has 0 bridgehead atoms. The maximum Gasteiger partial charge on any atom is 0.238 e. The molecule has 1 amide bonds. The first-order valence-corrected chi connectivity index (χ1v) is 6.68. The summed E-state index contributed by atoms with van der Waals surface area (Å²) in [7, 11) is 0. The van der Waals surface area contributed by atoms with E-state index in [0.29, 0.717) is 17.3 Å². The average Bonchev–Trinajstić information content (AvgIpc) is 2.44. The lowest BCUT2D eigenvalue weighted by Gasteiger charge is -2.08. The van der Waals surface area contributed by atoms with E-state index in [1.807, 2.05) is 31.2 Å². The topological polar surface area (TPSA) is 54.0 Å². The summed E-state index contributed by atoms with van der Waals surface area (Å²) in [6.07, 6.45) is 3.46. The van der Waals surface area contributed by atoms with E-state index in [1.54, 1.807) is 18.5 Å². The normalized spacial score (nSPS) is 10.3. The highest BCUT2D eigenvalue weighted by molar-refractivity contribution is 6.31. The van der Waals surface area contributed by atoms with Crippen LogP contribution in [0.5, 0.6) is 0 Å². The summed E-state index contributed by atoms with van der Waals surface area (Å²) in [6, 6.07) is 9.28. The van der Waals surface area contributed by atoms with Gasteiger partial charge in [-0.15, -0.1) is 0 Å². The molecule has 5 heteroatoms.